The zero-order valence-electron chi connectivity index (χ0n) is 10.3. The number of morpholine rings is 1. The topological polar surface area (TPSA) is 29.5 Å². The van der Waals surface area contributed by atoms with Gasteiger partial charge < -0.3 is 4.74 Å². The van der Waals surface area contributed by atoms with Crippen LogP contribution in [0.1, 0.15) is 24.2 Å². The molecule has 0 amide bonds. The number of Topliss-reactive ketones (excluding diaryl/α,β-unsaturated/α-hetero) is 1. The van der Waals surface area contributed by atoms with Crippen LogP contribution >= 0.6 is 34.5 Å². The number of ketones is 1. The van der Waals surface area contributed by atoms with Crippen molar-refractivity contribution < 1.29 is 9.53 Å². The quantitative estimate of drug-likeness (QED) is 0.802. The average molecular weight is 308 g/mol. The van der Waals surface area contributed by atoms with E-state index in [0.29, 0.717) is 27.4 Å². The number of thiophene rings is 1. The molecular weight excluding hydrogens is 293 g/mol. The third kappa shape index (κ3) is 3.45. The number of nitrogens with zero attached hydrogens (tertiary/aromatic N) is 1. The van der Waals surface area contributed by atoms with Crippen LogP contribution in [0.15, 0.2) is 6.07 Å². The van der Waals surface area contributed by atoms with Crippen LogP contribution in [0.5, 0.6) is 0 Å². The number of ether oxygens (including phenoxy) is 1. The maximum absolute atomic E-state index is 12.1. The van der Waals surface area contributed by atoms with Crippen molar-refractivity contribution in [2.24, 2.45) is 0 Å². The summed E-state index contributed by atoms with van der Waals surface area (Å²) < 4.78 is 6.63. The molecule has 0 aliphatic carbocycles. The first-order chi connectivity index (χ1) is 8.37. The van der Waals surface area contributed by atoms with Gasteiger partial charge in [0.15, 0.2) is 5.78 Å². The lowest BCUT2D eigenvalue weighted by molar-refractivity contribution is -0.0833. The van der Waals surface area contributed by atoms with Crippen LogP contribution in [0.4, 0.5) is 0 Å². The summed E-state index contributed by atoms with van der Waals surface area (Å²) >= 11 is 13.1. The normalized spacial score (nSPS) is 20.0. The second-order valence-electron chi connectivity index (χ2n) is 4.98. The number of halogens is 2. The molecule has 6 heteroatoms. The molecule has 1 aliphatic heterocycles. The Morgan fingerprint density at radius 3 is 2.83 bits per heavy atom. The molecule has 0 unspecified atom stereocenters. The van der Waals surface area contributed by atoms with Crippen LogP contribution < -0.4 is 0 Å². The van der Waals surface area contributed by atoms with E-state index >= 15 is 0 Å². The molecule has 1 saturated heterocycles. The Kier molecular flexibility index (Phi) is 4.34. The summed E-state index contributed by atoms with van der Waals surface area (Å²) in [4.78, 5) is 14.2. The van der Waals surface area contributed by atoms with E-state index in [4.69, 9.17) is 27.9 Å². The lowest BCUT2D eigenvalue weighted by atomic mass is 10.1. The Bertz CT molecular complexity index is 459. The Labute approximate surface area is 121 Å². The monoisotopic (exact) mass is 307 g/mol. The molecule has 0 bridgehead atoms. The standard InChI is InChI=1S/C12H15Cl2NO2S/c1-12(2)7-15(3-4-17-12)6-9(16)8-5-10(13)18-11(8)14/h5H,3-4,6-7H2,1-2H3. The van der Waals surface area contributed by atoms with Gasteiger partial charge in [0.1, 0.15) is 4.34 Å². The molecule has 1 fully saturated rings. The van der Waals surface area contributed by atoms with E-state index in [0.717, 1.165) is 13.1 Å². The Morgan fingerprint density at radius 1 is 1.56 bits per heavy atom. The first kappa shape index (κ1) is 14.3. The Hall–Kier alpha value is -0.130. The number of hydrogen-bond acceptors (Lipinski definition) is 4. The average Bonchev–Trinajstić information content (AvgIpc) is 2.56. The SMILES string of the molecule is CC1(C)CN(CC(=O)c2cc(Cl)sc2Cl)CCO1. The lowest BCUT2D eigenvalue weighted by Gasteiger charge is -2.37. The minimum absolute atomic E-state index is 0.0147. The van der Waals surface area contributed by atoms with Gasteiger partial charge in [-0.1, -0.05) is 23.2 Å². The van der Waals surface area contributed by atoms with Gasteiger partial charge in [-0.15, -0.1) is 11.3 Å². The Balaban J connectivity index is 2.01. The van der Waals surface area contributed by atoms with Gasteiger partial charge in [-0.05, 0) is 19.9 Å². The molecule has 1 aromatic heterocycles. The summed E-state index contributed by atoms with van der Waals surface area (Å²) in [5, 5.41) is 0. The molecule has 1 aliphatic rings. The highest BCUT2D eigenvalue weighted by Crippen LogP contribution is 2.31. The maximum atomic E-state index is 12.1. The van der Waals surface area contributed by atoms with Gasteiger partial charge in [0.2, 0.25) is 0 Å². The highest BCUT2D eigenvalue weighted by Gasteiger charge is 2.28. The predicted octanol–water partition coefficient (Wildman–Crippen LogP) is 3.35. The zero-order valence-corrected chi connectivity index (χ0v) is 12.7. The predicted molar refractivity (Wildman–Crippen MR) is 75.1 cm³/mol. The Morgan fingerprint density at radius 2 is 2.28 bits per heavy atom. The van der Waals surface area contributed by atoms with E-state index < -0.39 is 0 Å². The van der Waals surface area contributed by atoms with Crippen molar-refractivity contribution in [3.05, 3.63) is 20.3 Å². The van der Waals surface area contributed by atoms with Gasteiger partial charge in [-0.25, -0.2) is 0 Å². The maximum Gasteiger partial charge on any atom is 0.179 e. The molecule has 0 aromatic carbocycles. The van der Waals surface area contributed by atoms with E-state index in [9.17, 15) is 4.79 Å². The fourth-order valence-corrected chi connectivity index (χ4v) is 3.57. The summed E-state index contributed by atoms with van der Waals surface area (Å²) in [6, 6.07) is 1.64. The van der Waals surface area contributed by atoms with E-state index in [-0.39, 0.29) is 11.4 Å². The molecular formula is C12H15Cl2NO2S. The van der Waals surface area contributed by atoms with Gasteiger partial charge in [0.25, 0.3) is 0 Å². The van der Waals surface area contributed by atoms with Crippen molar-refractivity contribution in [2.45, 2.75) is 19.4 Å². The third-order valence-electron chi connectivity index (χ3n) is 2.83. The van der Waals surface area contributed by atoms with Gasteiger partial charge in [0, 0.05) is 13.1 Å². The molecule has 3 nitrogen and oxygen atoms in total. The second-order valence-corrected chi connectivity index (χ2v) is 7.27. The van der Waals surface area contributed by atoms with Crippen molar-refractivity contribution in [3.63, 3.8) is 0 Å². The van der Waals surface area contributed by atoms with Crippen LogP contribution in [0.25, 0.3) is 0 Å². The highest BCUT2D eigenvalue weighted by atomic mass is 35.5. The van der Waals surface area contributed by atoms with E-state index in [2.05, 4.69) is 4.90 Å². The molecule has 2 heterocycles. The number of hydrogen-bond donors (Lipinski definition) is 0. The molecule has 2 rings (SSSR count). The van der Waals surface area contributed by atoms with Crippen molar-refractivity contribution in [1.82, 2.24) is 4.90 Å². The van der Waals surface area contributed by atoms with E-state index in [1.165, 1.54) is 11.3 Å². The second kappa shape index (κ2) is 5.47. The molecule has 0 radical (unpaired) electrons. The van der Waals surface area contributed by atoms with Crippen LogP contribution in [0.2, 0.25) is 8.67 Å². The molecule has 0 saturated carbocycles. The van der Waals surface area contributed by atoms with Gasteiger partial charge in [-0.2, -0.15) is 0 Å². The van der Waals surface area contributed by atoms with E-state index in [1.54, 1.807) is 6.07 Å². The smallest absolute Gasteiger partial charge is 0.179 e. The van der Waals surface area contributed by atoms with Crippen molar-refractivity contribution >= 4 is 40.3 Å². The van der Waals surface area contributed by atoms with Gasteiger partial charge >= 0.3 is 0 Å². The summed E-state index contributed by atoms with van der Waals surface area (Å²) in [7, 11) is 0. The first-order valence-electron chi connectivity index (χ1n) is 5.72. The third-order valence-corrected chi connectivity index (χ3v) is 4.32. The summed E-state index contributed by atoms with van der Waals surface area (Å²) in [5.41, 5.74) is 0.324. The van der Waals surface area contributed by atoms with Crippen LogP contribution in [-0.4, -0.2) is 42.5 Å². The molecule has 100 valence electrons. The number of carbonyl (C=O) groups is 1. The van der Waals surface area contributed by atoms with Crippen molar-refractivity contribution in [2.75, 3.05) is 26.2 Å². The molecule has 0 N–H and O–H groups in total. The lowest BCUT2D eigenvalue weighted by Crippen LogP contribution is -2.49. The summed E-state index contributed by atoms with van der Waals surface area (Å²) in [6.45, 7) is 6.58. The van der Waals surface area contributed by atoms with Crippen molar-refractivity contribution in [1.29, 1.82) is 0 Å². The summed E-state index contributed by atoms with van der Waals surface area (Å²) in [5.74, 6) is 0.0147. The van der Waals surface area contributed by atoms with E-state index in [1.807, 2.05) is 13.8 Å². The van der Waals surface area contributed by atoms with Crippen molar-refractivity contribution in [3.8, 4) is 0 Å². The molecule has 0 spiro atoms. The molecule has 18 heavy (non-hydrogen) atoms. The fourth-order valence-electron chi connectivity index (χ4n) is 2.07. The first-order valence-corrected chi connectivity index (χ1v) is 7.29. The largest absolute Gasteiger partial charge is 0.373 e. The van der Waals surface area contributed by atoms with Crippen LogP contribution in [-0.2, 0) is 4.74 Å². The fraction of sp³-hybridized carbons (Fsp3) is 0.583. The number of carbonyl (C=O) groups excluding carboxylic acids is 1. The number of rotatable bonds is 3. The van der Waals surface area contributed by atoms with Crippen LogP contribution in [0, 0.1) is 0 Å². The molecule has 1 aromatic rings. The van der Waals surface area contributed by atoms with Crippen LogP contribution in [0.3, 0.4) is 0 Å². The minimum atomic E-state index is -0.200. The zero-order chi connectivity index (χ0) is 13.3. The summed E-state index contributed by atoms with van der Waals surface area (Å²) in [6.07, 6.45) is 0. The van der Waals surface area contributed by atoms with Gasteiger partial charge in [-0.3, -0.25) is 9.69 Å². The molecule has 0 atom stereocenters. The minimum Gasteiger partial charge on any atom is -0.373 e. The highest BCUT2D eigenvalue weighted by molar-refractivity contribution is 7.20. The van der Waals surface area contributed by atoms with Gasteiger partial charge in [0.05, 0.1) is 28.7 Å².